The standard InChI is InChI=1S/C12H15N3O3S2/c1-8(12-14-5-6-19-12)15-20(16,17)9-3-4-10(13)11(7-9)18-2/h3-8,15H,13H2,1-2H3. The van der Waals surface area contributed by atoms with Gasteiger partial charge in [-0.2, -0.15) is 0 Å². The summed E-state index contributed by atoms with van der Waals surface area (Å²) in [5.74, 6) is 0.328. The van der Waals surface area contributed by atoms with E-state index in [1.54, 1.807) is 18.5 Å². The number of nitrogen functional groups attached to an aromatic ring is 1. The Kier molecular flexibility index (Phi) is 4.26. The van der Waals surface area contributed by atoms with E-state index in [2.05, 4.69) is 9.71 Å². The SMILES string of the molecule is COc1cc(S(=O)(=O)NC(C)c2nccs2)ccc1N. The van der Waals surface area contributed by atoms with Gasteiger partial charge in [0.05, 0.1) is 23.7 Å². The number of nitrogens with one attached hydrogen (secondary N) is 1. The molecule has 1 aromatic heterocycles. The van der Waals surface area contributed by atoms with Crippen LogP contribution in [0.15, 0.2) is 34.7 Å². The first-order valence-corrected chi connectivity index (χ1v) is 8.15. The fourth-order valence-electron chi connectivity index (χ4n) is 1.66. The van der Waals surface area contributed by atoms with Crippen LogP contribution in [0.25, 0.3) is 0 Å². The highest BCUT2D eigenvalue weighted by atomic mass is 32.2. The molecule has 20 heavy (non-hydrogen) atoms. The molecular weight excluding hydrogens is 298 g/mol. The summed E-state index contributed by atoms with van der Waals surface area (Å²) in [4.78, 5) is 4.19. The lowest BCUT2D eigenvalue weighted by molar-refractivity contribution is 0.415. The predicted octanol–water partition coefficient (Wildman–Crippen LogP) is 1.77. The van der Waals surface area contributed by atoms with Gasteiger partial charge < -0.3 is 10.5 Å². The maximum Gasteiger partial charge on any atom is 0.241 e. The molecule has 0 fully saturated rings. The Morgan fingerprint density at radius 1 is 1.45 bits per heavy atom. The lowest BCUT2D eigenvalue weighted by Gasteiger charge is -2.13. The lowest BCUT2D eigenvalue weighted by atomic mass is 10.3. The van der Waals surface area contributed by atoms with Gasteiger partial charge in [-0.15, -0.1) is 11.3 Å². The van der Waals surface area contributed by atoms with Crippen LogP contribution in [0.2, 0.25) is 0 Å². The third kappa shape index (κ3) is 3.09. The molecule has 0 saturated carbocycles. The molecule has 0 saturated heterocycles. The van der Waals surface area contributed by atoms with Crippen molar-refractivity contribution < 1.29 is 13.2 Å². The summed E-state index contributed by atoms with van der Waals surface area (Å²) in [5.41, 5.74) is 6.06. The second kappa shape index (κ2) is 5.78. The van der Waals surface area contributed by atoms with Crippen molar-refractivity contribution in [2.24, 2.45) is 0 Å². The van der Waals surface area contributed by atoms with E-state index < -0.39 is 16.1 Å². The number of nitrogens with two attached hydrogens (primary N) is 1. The molecule has 0 aliphatic carbocycles. The summed E-state index contributed by atoms with van der Waals surface area (Å²) in [6.45, 7) is 1.74. The topological polar surface area (TPSA) is 94.3 Å². The van der Waals surface area contributed by atoms with E-state index in [0.717, 1.165) is 0 Å². The van der Waals surface area contributed by atoms with Crippen LogP contribution in [-0.2, 0) is 10.0 Å². The highest BCUT2D eigenvalue weighted by Crippen LogP contribution is 2.26. The molecule has 0 amide bonds. The Morgan fingerprint density at radius 2 is 2.20 bits per heavy atom. The van der Waals surface area contributed by atoms with Crippen molar-refractivity contribution in [3.05, 3.63) is 34.8 Å². The van der Waals surface area contributed by atoms with E-state index in [0.29, 0.717) is 16.4 Å². The number of rotatable bonds is 5. The fourth-order valence-corrected chi connectivity index (χ4v) is 3.60. The molecule has 0 spiro atoms. The van der Waals surface area contributed by atoms with E-state index in [1.807, 2.05) is 0 Å². The van der Waals surface area contributed by atoms with Crippen molar-refractivity contribution in [3.8, 4) is 5.75 Å². The third-order valence-electron chi connectivity index (χ3n) is 2.67. The van der Waals surface area contributed by atoms with Gasteiger partial charge in [0.2, 0.25) is 10.0 Å². The largest absolute Gasteiger partial charge is 0.495 e. The van der Waals surface area contributed by atoms with Gasteiger partial charge in [-0.3, -0.25) is 0 Å². The smallest absolute Gasteiger partial charge is 0.241 e. The number of hydrogen-bond acceptors (Lipinski definition) is 6. The molecular formula is C12H15N3O3S2. The average molecular weight is 313 g/mol. The maximum absolute atomic E-state index is 12.3. The zero-order valence-electron chi connectivity index (χ0n) is 11.0. The van der Waals surface area contributed by atoms with Crippen molar-refractivity contribution in [1.29, 1.82) is 0 Å². The summed E-state index contributed by atoms with van der Waals surface area (Å²) in [6.07, 6.45) is 1.64. The summed E-state index contributed by atoms with van der Waals surface area (Å²) < 4.78 is 32.2. The van der Waals surface area contributed by atoms with Gasteiger partial charge in [0.15, 0.2) is 0 Å². The number of sulfonamides is 1. The molecule has 0 radical (unpaired) electrons. The van der Waals surface area contributed by atoms with Crippen LogP contribution in [0.3, 0.4) is 0 Å². The fraction of sp³-hybridized carbons (Fsp3) is 0.250. The molecule has 0 bridgehead atoms. The molecule has 2 aromatic rings. The van der Waals surface area contributed by atoms with Crippen LogP contribution in [-0.4, -0.2) is 20.5 Å². The Morgan fingerprint density at radius 3 is 2.80 bits per heavy atom. The molecule has 108 valence electrons. The Balaban J connectivity index is 2.26. The zero-order chi connectivity index (χ0) is 14.8. The summed E-state index contributed by atoms with van der Waals surface area (Å²) in [5, 5.41) is 2.50. The van der Waals surface area contributed by atoms with Crippen molar-refractivity contribution in [3.63, 3.8) is 0 Å². The van der Waals surface area contributed by atoms with Gasteiger partial charge in [-0.05, 0) is 19.1 Å². The molecule has 6 nitrogen and oxygen atoms in total. The second-order valence-corrected chi connectivity index (χ2v) is 6.76. The van der Waals surface area contributed by atoms with Crippen molar-refractivity contribution in [1.82, 2.24) is 9.71 Å². The Labute approximate surface area is 121 Å². The predicted molar refractivity (Wildman–Crippen MR) is 78.3 cm³/mol. The van der Waals surface area contributed by atoms with Crippen LogP contribution in [0.5, 0.6) is 5.75 Å². The first-order valence-electron chi connectivity index (χ1n) is 5.79. The van der Waals surface area contributed by atoms with Crippen LogP contribution in [0.1, 0.15) is 18.0 Å². The lowest BCUT2D eigenvalue weighted by Crippen LogP contribution is -2.26. The minimum absolute atomic E-state index is 0.104. The number of benzene rings is 1. The van der Waals surface area contributed by atoms with Gasteiger partial charge in [-0.25, -0.2) is 18.1 Å². The first-order chi connectivity index (χ1) is 9.44. The summed E-state index contributed by atoms with van der Waals surface area (Å²) >= 11 is 1.39. The number of ether oxygens (including phenoxy) is 1. The van der Waals surface area contributed by atoms with E-state index in [9.17, 15) is 8.42 Å². The minimum atomic E-state index is -3.65. The zero-order valence-corrected chi connectivity index (χ0v) is 12.7. The van der Waals surface area contributed by atoms with Gasteiger partial charge in [0.25, 0.3) is 0 Å². The molecule has 8 heteroatoms. The quantitative estimate of drug-likeness (QED) is 0.820. The summed E-state index contributed by atoms with van der Waals surface area (Å²) in [7, 11) is -2.22. The third-order valence-corrected chi connectivity index (χ3v) is 5.17. The Bertz CT molecular complexity index is 684. The monoisotopic (exact) mass is 313 g/mol. The van der Waals surface area contributed by atoms with Gasteiger partial charge >= 0.3 is 0 Å². The van der Waals surface area contributed by atoms with Gasteiger partial charge in [0.1, 0.15) is 10.8 Å². The minimum Gasteiger partial charge on any atom is -0.495 e. The molecule has 1 aromatic carbocycles. The first kappa shape index (κ1) is 14.8. The summed E-state index contributed by atoms with van der Waals surface area (Å²) in [6, 6.07) is 3.94. The highest BCUT2D eigenvalue weighted by Gasteiger charge is 2.20. The normalized spacial score (nSPS) is 13.1. The number of thiazole rings is 1. The second-order valence-electron chi connectivity index (χ2n) is 4.12. The molecule has 1 heterocycles. The van der Waals surface area contributed by atoms with E-state index in [-0.39, 0.29) is 4.90 Å². The van der Waals surface area contributed by atoms with Crippen molar-refractivity contribution in [2.45, 2.75) is 17.9 Å². The molecule has 1 unspecified atom stereocenters. The van der Waals surface area contributed by atoms with E-state index in [4.69, 9.17) is 10.5 Å². The van der Waals surface area contributed by atoms with Crippen molar-refractivity contribution in [2.75, 3.05) is 12.8 Å². The number of hydrogen-bond donors (Lipinski definition) is 2. The molecule has 1 atom stereocenters. The average Bonchev–Trinajstić information content (AvgIpc) is 2.92. The van der Waals surface area contributed by atoms with E-state index >= 15 is 0 Å². The van der Waals surface area contributed by atoms with Gasteiger partial charge in [-0.1, -0.05) is 0 Å². The molecule has 0 aliphatic heterocycles. The van der Waals surface area contributed by atoms with E-state index in [1.165, 1.54) is 36.6 Å². The van der Waals surface area contributed by atoms with Crippen molar-refractivity contribution >= 4 is 27.0 Å². The van der Waals surface area contributed by atoms with Gasteiger partial charge in [0, 0.05) is 17.6 Å². The number of nitrogens with zero attached hydrogens (tertiary/aromatic N) is 1. The van der Waals surface area contributed by atoms with Crippen LogP contribution >= 0.6 is 11.3 Å². The van der Waals surface area contributed by atoms with Crippen LogP contribution in [0, 0.1) is 0 Å². The number of anilines is 1. The molecule has 3 N–H and O–H groups in total. The molecule has 0 aliphatic rings. The highest BCUT2D eigenvalue weighted by molar-refractivity contribution is 7.89. The number of methoxy groups -OCH3 is 1. The maximum atomic E-state index is 12.3. The number of aromatic nitrogens is 1. The van der Waals surface area contributed by atoms with Crippen LogP contribution < -0.4 is 15.2 Å². The Hall–Kier alpha value is -1.64. The molecule has 2 rings (SSSR count). The van der Waals surface area contributed by atoms with Crippen LogP contribution in [0.4, 0.5) is 5.69 Å².